The Bertz CT molecular complexity index is 962. The van der Waals surface area contributed by atoms with E-state index in [1.165, 1.54) is 0 Å². The van der Waals surface area contributed by atoms with Crippen LogP contribution in [0.15, 0.2) is 60.9 Å². The van der Waals surface area contributed by atoms with Crippen LogP contribution in [0.2, 0.25) is 0 Å². The number of nitrogens with one attached hydrogen (secondary N) is 1. The van der Waals surface area contributed by atoms with Crippen LogP contribution in [0.4, 0.5) is 11.5 Å². The number of carbonyl (C=O) groups is 1. The molecule has 29 heavy (non-hydrogen) atoms. The first-order valence-corrected chi connectivity index (χ1v) is 10.1. The van der Waals surface area contributed by atoms with Crippen molar-refractivity contribution in [1.82, 2.24) is 19.9 Å². The summed E-state index contributed by atoms with van der Waals surface area (Å²) < 4.78 is 0. The standard InChI is InChI=1S/C23H25N5O/c1-2-7-22(29)28-13-11-18(16-28)23-26-20(17-8-6-12-24-15-17)14-21(27-23)25-19-9-4-3-5-10-19/h3-6,8-10,12,14-15,18H,2,7,11,13,16H2,1H3,(H,25,26,27). The van der Waals surface area contributed by atoms with Gasteiger partial charge in [-0.3, -0.25) is 9.78 Å². The Labute approximate surface area is 171 Å². The van der Waals surface area contributed by atoms with Gasteiger partial charge in [-0.25, -0.2) is 9.97 Å². The molecule has 0 radical (unpaired) electrons. The van der Waals surface area contributed by atoms with Crippen molar-refractivity contribution in [2.24, 2.45) is 0 Å². The SMILES string of the molecule is CCCC(=O)N1CCC(c2nc(Nc3ccccc3)cc(-c3cccnc3)n2)C1. The molecule has 6 nitrogen and oxygen atoms in total. The first kappa shape index (κ1) is 19.1. The number of nitrogens with zero attached hydrogens (tertiary/aromatic N) is 4. The molecule has 3 heterocycles. The van der Waals surface area contributed by atoms with Gasteiger partial charge in [0.1, 0.15) is 11.6 Å². The molecule has 3 aromatic rings. The third kappa shape index (κ3) is 4.59. The Morgan fingerprint density at radius 1 is 1.17 bits per heavy atom. The van der Waals surface area contributed by atoms with Gasteiger partial charge in [-0.15, -0.1) is 0 Å². The van der Waals surface area contributed by atoms with Gasteiger partial charge in [-0.05, 0) is 37.1 Å². The predicted octanol–water partition coefficient (Wildman–Crippen LogP) is 4.40. The van der Waals surface area contributed by atoms with Crippen LogP contribution >= 0.6 is 0 Å². The molecule has 1 unspecified atom stereocenters. The lowest BCUT2D eigenvalue weighted by Crippen LogP contribution is -2.28. The Morgan fingerprint density at radius 3 is 2.79 bits per heavy atom. The van der Waals surface area contributed by atoms with Gasteiger partial charge in [-0.1, -0.05) is 25.1 Å². The molecular weight excluding hydrogens is 362 g/mol. The molecule has 1 N–H and O–H groups in total. The number of para-hydroxylation sites is 1. The summed E-state index contributed by atoms with van der Waals surface area (Å²) in [4.78, 5) is 28.1. The third-order valence-electron chi connectivity index (χ3n) is 5.12. The highest BCUT2D eigenvalue weighted by Crippen LogP contribution is 2.29. The topological polar surface area (TPSA) is 71.0 Å². The molecule has 1 atom stereocenters. The number of hydrogen-bond donors (Lipinski definition) is 1. The smallest absolute Gasteiger partial charge is 0.222 e. The number of anilines is 2. The van der Waals surface area contributed by atoms with E-state index in [2.05, 4.69) is 10.3 Å². The van der Waals surface area contributed by atoms with Gasteiger partial charge >= 0.3 is 0 Å². The summed E-state index contributed by atoms with van der Waals surface area (Å²) in [5.74, 6) is 1.89. The van der Waals surface area contributed by atoms with Crippen molar-refractivity contribution in [1.29, 1.82) is 0 Å². The second-order valence-corrected chi connectivity index (χ2v) is 7.30. The highest BCUT2D eigenvalue weighted by Gasteiger charge is 2.29. The van der Waals surface area contributed by atoms with Crippen LogP contribution in [0.3, 0.4) is 0 Å². The van der Waals surface area contributed by atoms with Crippen molar-refractivity contribution in [3.8, 4) is 11.3 Å². The van der Waals surface area contributed by atoms with Gasteiger partial charge in [0.15, 0.2) is 0 Å². The van der Waals surface area contributed by atoms with Crippen molar-refractivity contribution in [2.45, 2.75) is 32.1 Å². The molecule has 0 spiro atoms. The molecule has 1 aromatic carbocycles. The van der Waals surface area contributed by atoms with Crippen molar-refractivity contribution in [3.05, 3.63) is 66.7 Å². The van der Waals surface area contributed by atoms with E-state index in [1.807, 2.05) is 66.6 Å². The van der Waals surface area contributed by atoms with Crippen molar-refractivity contribution in [3.63, 3.8) is 0 Å². The predicted molar refractivity (Wildman–Crippen MR) is 114 cm³/mol. The van der Waals surface area contributed by atoms with Crippen LogP contribution in [0.1, 0.15) is 37.9 Å². The molecule has 6 heteroatoms. The van der Waals surface area contributed by atoms with Gasteiger partial charge in [0, 0.05) is 55.1 Å². The number of pyridine rings is 1. The summed E-state index contributed by atoms with van der Waals surface area (Å²) in [6, 6.07) is 15.8. The van der Waals surface area contributed by atoms with Crippen LogP contribution in [-0.4, -0.2) is 38.8 Å². The zero-order valence-corrected chi connectivity index (χ0v) is 16.6. The number of likely N-dealkylation sites (tertiary alicyclic amines) is 1. The molecule has 0 saturated carbocycles. The molecule has 0 aliphatic carbocycles. The van der Waals surface area contributed by atoms with Crippen LogP contribution < -0.4 is 5.32 Å². The van der Waals surface area contributed by atoms with E-state index >= 15 is 0 Å². The Kier molecular flexibility index (Phi) is 5.79. The lowest BCUT2D eigenvalue weighted by atomic mass is 10.1. The maximum absolute atomic E-state index is 12.3. The molecule has 1 fully saturated rings. The van der Waals surface area contributed by atoms with E-state index in [1.54, 1.807) is 6.20 Å². The summed E-state index contributed by atoms with van der Waals surface area (Å²) >= 11 is 0. The zero-order valence-electron chi connectivity index (χ0n) is 16.6. The fourth-order valence-corrected chi connectivity index (χ4v) is 3.61. The summed E-state index contributed by atoms with van der Waals surface area (Å²) in [7, 11) is 0. The van der Waals surface area contributed by atoms with E-state index < -0.39 is 0 Å². The van der Waals surface area contributed by atoms with Crippen LogP contribution in [0.5, 0.6) is 0 Å². The van der Waals surface area contributed by atoms with E-state index in [0.717, 1.165) is 48.0 Å². The molecule has 1 aliphatic rings. The average molecular weight is 387 g/mol. The quantitative estimate of drug-likeness (QED) is 0.679. The minimum atomic E-state index is 0.142. The molecule has 1 saturated heterocycles. The molecule has 0 bridgehead atoms. The number of benzene rings is 1. The fourth-order valence-electron chi connectivity index (χ4n) is 3.61. The molecule has 2 aromatic heterocycles. The number of rotatable bonds is 6. The third-order valence-corrected chi connectivity index (χ3v) is 5.12. The lowest BCUT2D eigenvalue weighted by molar-refractivity contribution is -0.130. The molecule has 1 aliphatic heterocycles. The van der Waals surface area contributed by atoms with E-state index in [9.17, 15) is 4.79 Å². The van der Waals surface area contributed by atoms with E-state index in [4.69, 9.17) is 9.97 Å². The van der Waals surface area contributed by atoms with Gasteiger partial charge < -0.3 is 10.2 Å². The number of carbonyl (C=O) groups excluding carboxylic acids is 1. The highest BCUT2D eigenvalue weighted by molar-refractivity contribution is 5.76. The molecular formula is C23H25N5O. The first-order chi connectivity index (χ1) is 14.2. The Morgan fingerprint density at radius 2 is 2.03 bits per heavy atom. The fraction of sp³-hybridized carbons (Fsp3) is 0.304. The van der Waals surface area contributed by atoms with Gasteiger partial charge in [0.2, 0.25) is 5.91 Å². The second kappa shape index (κ2) is 8.82. The number of hydrogen-bond acceptors (Lipinski definition) is 5. The average Bonchev–Trinajstić information content (AvgIpc) is 3.26. The maximum atomic E-state index is 12.3. The van der Waals surface area contributed by atoms with Crippen LogP contribution in [0, 0.1) is 0 Å². The Hall–Kier alpha value is -3.28. The zero-order chi connectivity index (χ0) is 20.1. The number of aromatic nitrogens is 3. The van der Waals surface area contributed by atoms with E-state index in [0.29, 0.717) is 13.0 Å². The first-order valence-electron chi connectivity index (χ1n) is 10.1. The van der Waals surface area contributed by atoms with Gasteiger partial charge in [0.05, 0.1) is 5.69 Å². The van der Waals surface area contributed by atoms with Crippen molar-refractivity contribution >= 4 is 17.4 Å². The Balaban J connectivity index is 1.64. The summed E-state index contributed by atoms with van der Waals surface area (Å²) in [5, 5.41) is 3.38. The minimum Gasteiger partial charge on any atom is -0.342 e. The van der Waals surface area contributed by atoms with E-state index in [-0.39, 0.29) is 11.8 Å². The van der Waals surface area contributed by atoms with Crippen molar-refractivity contribution < 1.29 is 4.79 Å². The minimum absolute atomic E-state index is 0.142. The molecule has 1 amide bonds. The molecule has 148 valence electrons. The van der Waals surface area contributed by atoms with Gasteiger partial charge in [-0.2, -0.15) is 0 Å². The van der Waals surface area contributed by atoms with Crippen LogP contribution in [-0.2, 0) is 4.79 Å². The summed E-state index contributed by atoms with van der Waals surface area (Å²) in [6.45, 7) is 3.49. The second-order valence-electron chi connectivity index (χ2n) is 7.30. The van der Waals surface area contributed by atoms with Gasteiger partial charge in [0.25, 0.3) is 0 Å². The largest absolute Gasteiger partial charge is 0.342 e. The monoisotopic (exact) mass is 387 g/mol. The normalized spacial score (nSPS) is 16.0. The number of amides is 1. The van der Waals surface area contributed by atoms with Crippen LogP contribution in [0.25, 0.3) is 11.3 Å². The van der Waals surface area contributed by atoms with Crippen molar-refractivity contribution in [2.75, 3.05) is 18.4 Å². The maximum Gasteiger partial charge on any atom is 0.222 e. The highest BCUT2D eigenvalue weighted by atomic mass is 16.2. The lowest BCUT2D eigenvalue weighted by Gasteiger charge is -2.17. The summed E-state index contributed by atoms with van der Waals surface area (Å²) in [5.41, 5.74) is 2.75. The molecule has 4 rings (SSSR count). The summed E-state index contributed by atoms with van der Waals surface area (Å²) in [6.07, 6.45) is 5.92.